The number of aliphatic hydroxyl groups is 1. The van der Waals surface area contributed by atoms with Crippen LogP contribution in [0.25, 0.3) is 0 Å². The normalized spacial score (nSPS) is 22.3. The number of nitrogen functional groups attached to an aromatic ring is 1. The number of anilines is 1. The maximum atomic E-state index is 12.8. The second kappa shape index (κ2) is 9.13. The first kappa shape index (κ1) is 20.2. The molecule has 2 aliphatic heterocycles. The second-order valence-electron chi connectivity index (χ2n) is 7.52. The minimum Gasteiger partial charge on any atom is -0.492 e. The molecule has 0 saturated carbocycles. The fourth-order valence-corrected chi connectivity index (χ4v) is 4.14. The van der Waals surface area contributed by atoms with E-state index in [0.717, 1.165) is 31.5 Å². The summed E-state index contributed by atoms with van der Waals surface area (Å²) in [4.78, 5) is 15.1. The second-order valence-corrected chi connectivity index (χ2v) is 7.93. The molecule has 1 aromatic rings. The Labute approximate surface area is 166 Å². The quantitative estimate of drug-likeness (QED) is 0.488. The molecule has 0 aromatic heterocycles. The van der Waals surface area contributed by atoms with E-state index in [1.54, 1.807) is 6.07 Å². The number of amides is 1. The minimum absolute atomic E-state index is 0.266. The van der Waals surface area contributed by atoms with E-state index < -0.39 is 6.10 Å². The molecule has 0 bridgehead atoms. The highest BCUT2D eigenvalue weighted by atomic mass is 35.5. The summed E-state index contributed by atoms with van der Waals surface area (Å²) < 4.78 is 5.61. The zero-order valence-corrected chi connectivity index (χ0v) is 16.7. The van der Waals surface area contributed by atoms with Crippen LogP contribution in [-0.4, -0.2) is 54.3 Å². The van der Waals surface area contributed by atoms with Crippen molar-refractivity contribution in [3.05, 3.63) is 22.2 Å². The number of β-amino-alcohol motifs (C(OH)–C–C–N with tert-alkyl or cyclic N) is 1. The molecule has 1 amide bonds. The number of carbonyl (C=O) groups excluding carboxylic acids is 1. The Morgan fingerprint density at radius 3 is 3.00 bits per heavy atom. The molecule has 27 heavy (non-hydrogen) atoms. The van der Waals surface area contributed by atoms with Crippen LogP contribution < -0.4 is 15.8 Å². The van der Waals surface area contributed by atoms with Crippen molar-refractivity contribution in [2.24, 2.45) is 0 Å². The number of likely N-dealkylation sites (tertiary alicyclic amines) is 1. The molecule has 2 aliphatic rings. The van der Waals surface area contributed by atoms with Crippen molar-refractivity contribution in [3.8, 4) is 5.75 Å². The molecular formula is C20H30ClN3O3. The van der Waals surface area contributed by atoms with E-state index in [0.29, 0.717) is 41.6 Å². The highest BCUT2D eigenvalue weighted by molar-refractivity contribution is 6.33. The number of carbonyl (C=O) groups is 1. The van der Waals surface area contributed by atoms with Crippen molar-refractivity contribution < 1.29 is 14.6 Å². The van der Waals surface area contributed by atoms with Crippen molar-refractivity contribution >= 4 is 23.2 Å². The van der Waals surface area contributed by atoms with Gasteiger partial charge >= 0.3 is 0 Å². The largest absolute Gasteiger partial charge is 0.492 e. The van der Waals surface area contributed by atoms with Gasteiger partial charge in [-0.15, -0.1) is 0 Å². The molecule has 2 heterocycles. The third kappa shape index (κ3) is 4.68. The summed E-state index contributed by atoms with van der Waals surface area (Å²) in [6, 6.07) is 1.30. The number of aliphatic hydroxyl groups excluding tert-OH is 1. The molecule has 1 aromatic carbocycles. The van der Waals surface area contributed by atoms with Gasteiger partial charge in [-0.1, -0.05) is 37.8 Å². The standard InChI is InChI=1S/C20H30ClN3O3/c1-2-3-4-5-8-24-9-6-16(17(25)12-24)23-20(26)14-11-15(21)18(22)13-7-10-27-19(13)14/h11,16-17,25H,2-10,12,22H2,1H3,(H,23,26)/t16-,17+/m1/s1. The van der Waals surface area contributed by atoms with Gasteiger partial charge in [0.1, 0.15) is 5.75 Å². The number of halogens is 1. The Morgan fingerprint density at radius 1 is 1.44 bits per heavy atom. The SMILES string of the molecule is CCCCCCN1CC[C@@H](NC(=O)c2cc(Cl)c(N)c3c2OCC3)[C@@H](O)C1. The third-order valence-electron chi connectivity index (χ3n) is 5.53. The van der Waals surface area contributed by atoms with E-state index in [9.17, 15) is 9.90 Å². The number of benzene rings is 1. The van der Waals surface area contributed by atoms with Crippen LogP contribution in [0.3, 0.4) is 0 Å². The predicted octanol–water partition coefficient (Wildman–Crippen LogP) is 2.60. The van der Waals surface area contributed by atoms with Gasteiger partial charge in [0.25, 0.3) is 5.91 Å². The minimum atomic E-state index is -0.577. The van der Waals surface area contributed by atoms with Crippen LogP contribution in [0.2, 0.25) is 5.02 Å². The molecule has 0 spiro atoms. The predicted molar refractivity (Wildman–Crippen MR) is 108 cm³/mol. The number of ether oxygens (including phenoxy) is 1. The number of fused-ring (bicyclic) bond motifs is 1. The lowest BCUT2D eigenvalue weighted by Crippen LogP contribution is -2.54. The van der Waals surface area contributed by atoms with E-state index in [1.165, 1.54) is 19.3 Å². The summed E-state index contributed by atoms with van der Waals surface area (Å²) in [5, 5.41) is 13.8. The number of hydrogen-bond acceptors (Lipinski definition) is 5. The van der Waals surface area contributed by atoms with Gasteiger partial charge < -0.3 is 25.8 Å². The van der Waals surface area contributed by atoms with E-state index in [4.69, 9.17) is 22.1 Å². The molecule has 0 aliphatic carbocycles. The first-order chi connectivity index (χ1) is 13.0. The molecule has 2 atom stereocenters. The van der Waals surface area contributed by atoms with Gasteiger partial charge in [0.05, 0.1) is 35.0 Å². The van der Waals surface area contributed by atoms with Crippen LogP contribution in [0.15, 0.2) is 6.07 Å². The monoisotopic (exact) mass is 395 g/mol. The Morgan fingerprint density at radius 2 is 2.26 bits per heavy atom. The van der Waals surface area contributed by atoms with Gasteiger partial charge in [0.15, 0.2) is 0 Å². The fraction of sp³-hybridized carbons (Fsp3) is 0.650. The highest BCUT2D eigenvalue weighted by Gasteiger charge is 2.31. The lowest BCUT2D eigenvalue weighted by Gasteiger charge is -2.36. The van der Waals surface area contributed by atoms with E-state index >= 15 is 0 Å². The van der Waals surface area contributed by atoms with Crippen LogP contribution in [0.4, 0.5) is 5.69 Å². The molecule has 6 nitrogen and oxygen atoms in total. The Kier molecular flexibility index (Phi) is 6.84. The molecule has 4 N–H and O–H groups in total. The number of hydrogen-bond donors (Lipinski definition) is 3. The van der Waals surface area contributed by atoms with Crippen molar-refractivity contribution in [2.75, 3.05) is 32.0 Å². The summed E-state index contributed by atoms with van der Waals surface area (Å²) in [6.45, 7) is 5.18. The maximum absolute atomic E-state index is 12.8. The number of nitrogens with two attached hydrogens (primary N) is 1. The molecule has 150 valence electrons. The number of rotatable bonds is 7. The van der Waals surface area contributed by atoms with E-state index in [2.05, 4.69) is 17.1 Å². The zero-order chi connectivity index (χ0) is 19.4. The summed E-state index contributed by atoms with van der Waals surface area (Å²) in [5.74, 6) is 0.257. The topological polar surface area (TPSA) is 87.8 Å². The zero-order valence-electron chi connectivity index (χ0n) is 16.0. The van der Waals surface area contributed by atoms with Crippen molar-refractivity contribution in [3.63, 3.8) is 0 Å². The smallest absolute Gasteiger partial charge is 0.255 e. The summed E-state index contributed by atoms with van der Waals surface area (Å²) in [5.41, 5.74) is 7.68. The van der Waals surface area contributed by atoms with E-state index in [1.807, 2.05) is 0 Å². The number of nitrogens with zero attached hydrogens (tertiary/aromatic N) is 1. The lowest BCUT2D eigenvalue weighted by atomic mass is 10.00. The first-order valence-corrected chi connectivity index (χ1v) is 10.3. The number of piperidine rings is 1. The Bertz CT molecular complexity index is 683. The molecular weight excluding hydrogens is 366 g/mol. The van der Waals surface area contributed by atoms with Crippen LogP contribution in [0, 0.1) is 0 Å². The maximum Gasteiger partial charge on any atom is 0.255 e. The first-order valence-electron chi connectivity index (χ1n) is 9.96. The third-order valence-corrected chi connectivity index (χ3v) is 5.84. The molecule has 7 heteroatoms. The fourth-order valence-electron chi connectivity index (χ4n) is 3.91. The van der Waals surface area contributed by atoms with Gasteiger partial charge in [-0.3, -0.25) is 4.79 Å². The van der Waals surface area contributed by atoms with Crippen LogP contribution >= 0.6 is 11.6 Å². The molecule has 0 radical (unpaired) electrons. The van der Waals surface area contributed by atoms with Gasteiger partial charge in [-0.05, 0) is 25.5 Å². The summed E-state index contributed by atoms with van der Waals surface area (Å²) >= 11 is 6.19. The Hall–Kier alpha value is -1.50. The molecule has 1 saturated heterocycles. The van der Waals surface area contributed by atoms with Crippen LogP contribution in [0.1, 0.15) is 54.9 Å². The molecule has 3 rings (SSSR count). The average molecular weight is 396 g/mol. The van der Waals surface area contributed by atoms with Gasteiger partial charge in [-0.25, -0.2) is 0 Å². The van der Waals surface area contributed by atoms with Crippen LogP contribution in [-0.2, 0) is 6.42 Å². The van der Waals surface area contributed by atoms with Gasteiger partial charge in [0.2, 0.25) is 0 Å². The van der Waals surface area contributed by atoms with Crippen molar-refractivity contribution in [1.29, 1.82) is 0 Å². The molecule has 1 fully saturated rings. The Balaban J connectivity index is 1.58. The van der Waals surface area contributed by atoms with Gasteiger partial charge in [0, 0.05) is 25.1 Å². The lowest BCUT2D eigenvalue weighted by molar-refractivity contribution is 0.0372. The highest BCUT2D eigenvalue weighted by Crippen LogP contribution is 2.38. The van der Waals surface area contributed by atoms with Crippen molar-refractivity contribution in [1.82, 2.24) is 10.2 Å². The molecule has 0 unspecified atom stereocenters. The van der Waals surface area contributed by atoms with Crippen LogP contribution in [0.5, 0.6) is 5.75 Å². The number of unbranched alkanes of at least 4 members (excludes halogenated alkanes) is 3. The van der Waals surface area contributed by atoms with Gasteiger partial charge in [-0.2, -0.15) is 0 Å². The van der Waals surface area contributed by atoms with Crippen molar-refractivity contribution in [2.45, 2.75) is 57.6 Å². The van der Waals surface area contributed by atoms with E-state index in [-0.39, 0.29) is 11.9 Å². The summed E-state index contributed by atoms with van der Waals surface area (Å²) in [7, 11) is 0. The average Bonchev–Trinajstić information content (AvgIpc) is 3.14. The number of nitrogens with one attached hydrogen (secondary N) is 1. The summed E-state index contributed by atoms with van der Waals surface area (Å²) in [6.07, 6.45) is 5.67.